The number of aryl methyl sites for hydroxylation is 2. The molecule has 1 unspecified atom stereocenters. The molecule has 0 bridgehead atoms. The van der Waals surface area contributed by atoms with Crippen molar-refractivity contribution >= 4 is 5.97 Å². The van der Waals surface area contributed by atoms with Crippen LogP contribution in [-0.2, 0) is 9.53 Å². The fraction of sp³-hybridized carbons (Fsp3) is 0.593. The second kappa shape index (κ2) is 10.8. The Morgan fingerprint density at radius 3 is 2.47 bits per heavy atom. The fourth-order valence-electron chi connectivity index (χ4n) is 3.94. The van der Waals surface area contributed by atoms with Crippen molar-refractivity contribution in [3.63, 3.8) is 0 Å². The Morgan fingerprint density at radius 1 is 1.20 bits per heavy atom. The van der Waals surface area contributed by atoms with Gasteiger partial charge in [-0.15, -0.1) is 0 Å². The minimum Gasteiger partial charge on any atom is -0.493 e. The van der Waals surface area contributed by atoms with Crippen molar-refractivity contribution in [2.45, 2.75) is 85.7 Å². The monoisotopic (exact) mass is 412 g/mol. The first-order valence-electron chi connectivity index (χ1n) is 11.3. The molecule has 3 heteroatoms. The van der Waals surface area contributed by atoms with Crippen LogP contribution < -0.4 is 4.74 Å². The third-order valence-corrected chi connectivity index (χ3v) is 6.03. The van der Waals surface area contributed by atoms with Crippen molar-refractivity contribution in [1.29, 1.82) is 0 Å². The highest BCUT2D eigenvalue weighted by atomic mass is 16.6. The number of hydrogen-bond donors (Lipinski definition) is 0. The first-order chi connectivity index (χ1) is 14.0. The number of rotatable bonds is 8. The molecule has 1 aromatic carbocycles. The van der Waals surface area contributed by atoms with E-state index in [9.17, 15) is 4.79 Å². The Hall–Kier alpha value is -2.03. The number of hydrogen-bond acceptors (Lipinski definition) is 3. The molecule has 3 nitrogen and oxygen atoms in total. The standard InChI is InChI=1S/C27H40O3/c1-19-8-13-25(17-22(19)4)29-15-14-20(2)21(3)16-23-9-11-24(12-10-23)18-26(28)30-27(5,6)7/h8,13,17-18,21,23H,2,9-12,14-16H2,1,3-7H3. The second-order valence-electron chi connectivity index (χ2n) is 9.92. The van der Waals surface area contributed by atoms with Crippen molar-refractivity contribution in [2.75, 3.05) is 6.61 Å². The van der Waals surface area contributed by atoms with Crippen LogP contribution in [0, 0.1) is 25.7 Å². The predicted octanol–water partition coefficient (Wildman–Crippen LogP) is 7.11. The van der Waals surface area contributed by atoms with Gasteiger partial charge in [0.05, 0.1) is 6.61 Å². The first-order valence-corrected chi connectivity index (χ1v) is 11.3. The topological polar surface area (TPSA) is 35.5 Å². The predicted molar refractivity (Wildman–Crippen MR) is 125 cm³/mol. The van der Waals surface area contributed by atoms with Crippen molar-refractivity contribution in [1.82, 2.24) is 0 Å². The van der Waals surface area contributed by atoms with Gasteiger partial charge in [0.2, 0.25) is 0 Å². The molecule has 0 saturated heterocycles. The molecule has 1 aliphatic carbocycles. The summed E-state index contributed by atoms with van der Waals surface area (Å²) in [4.78, 5) is 12.0. The van der Waals surface area contributed by atoms with Gasteiger partial charge in [-0.05, 0) is 102 Å². The minimum atomic E-state index is -0.427. The molecule has 1 atom stereocenters. The number of benzene rings is 1. The zero-order chi connectivity index (χ0) is 22.3. The van der Waals surface area contributed by atoms with Crippen LogP contribution in [0.4, 0.5) is 0 Å². The SMILES string of the molecule is C=C(CCOc1ccc(C)c(C)c1)C(C)CC1CCC(=CC(=O)OC(C)(C)C)CC1. The maximum absolute atomic E-state index is 12.0. The summed E-state index contributed by atoms with van der Waals surface area (Å²) in [6.45, 7) is 17.2. The molecule has 0 amide bonds. The highest BCUT2D eigenvalue weighted by molar-refractivity contribution is 5.83. The average molecular weight is 413 g/mol. The van der Waals surface area contributed by atoms with Crippen LogP contribution in [-0.4, -0.2) is 18.2 Å². The van der Waals surface area contributed by atoms with Crippen LogP contribution in [0.15, 0.2) is 42.0 Å². The van der Waals surface area contributed by atoms with Crippen LogP contribution in [0.2, 0.25) is 0 Å². The molecule has 0 radical (unpaired) electrons. The quantitative estimate of drug-likeness (QED) is 0.259. The summed E-state index contributed by atoms with van der Waals surface area (Å²) in [7, 11) is 0. The second-order valence-corrected chi connectivity index (χ2v) is 9.92. The lowest BCUT2D eigenvalue weighted by Crippen LogP contribution is -2.23. The van der Waals surface area contributed by atoms with Gasteiger partial charge < -0.3 is 9.47 Å². The summed E-state index contributed by atoms with van der Waals surface area (Å²) in [5.41, 5.74) is 4.63. The number of allylic oxidation sites excluding steroid dienone is 1. The van der Waals surface area contributed by atoms with E-state index in [1.165, 1.54) is 28.7 Å². The molecule has 0 N–H and O–H groups in total. The molecule has 0 aromatic heterocycles. The van der Waals surface area contributed by atoms with Gasteiger partial charge in [0, 0.05) is 12.5 Å². The van der Waals surface area contributed by atoms with E-state index in [1.807, 2.05) is 26.8 Å². The van der Waals surface area contributed by atoms with Crippen molar-refractivity contribution in [2.24, 2.45) is 11.8 Å². The smallest absolute Gasteiger partial charge is 0.331 e. The van der Waals surface area contributed by atoms with Gasteiger partial charge in [0.15, 0.2) is 0 Å². The van der Waals surface area contributed by atoms with E-state index in [-0.39, 0.29) is 5.97 Å². The van der Waals surface area contributed by atoms with E-state index < -0.39 is 5.60 Å². The van der Waals surface area contributed by atoms with Gasteiger partial charge in [0.1, 0.15) is 11.4 Å². The lowest BCUT2D eigenvalue weighted by molar-refractivity contribution is -0.148. The van der Waals surface area contributed by atoms with Crippen molar-refractivity contribution in [3.05, 3.63) is 53.1 Å². The maximum Gasteiger partial charge on any atom is 0.331 e. The Balaban J connectivity index is 1.70. The summed E-state index contributed by atoms with van der Waals surface area (Å²) in [5, 5.41) is 0. The third kappa shape index (κ3) is 8.38. The molecule has 30 heavy (non-hydrogen) atoms. The number of carbonyl (C=O) groups excluding carboxylic acids is 1. The molecule has 1 fully saturated rings. The van der Waals surface area contributed by atoms with Crippen LogP contribution in [0.3, 0.4) is 0 Å². The van der Waals surface area contributed by atoms with Gasteiger partial charge in [-0.25, -0.2) is 4.79 Å². The summed E-state index contributed by atoms with van der Waals surface area (Å²) >= 11 is 0. The molecule has 1 saturated carbocycles. The zero-order valence-corrected chi connectivity index (χ0v) is 19.8. The van der Waals surface area contributed by atoms with Gasteiger partial charge in [0.25, 0.3) is 0 Å². The molecule has 0 aliphatic heterocycles. The molecule has 166 valence electrons. The molecular weight excluding hydrogens is 372 g/mol. The molecule has 2 rings (SSSR count). The van der Waals surface area contributed by atoms with Crippen molar-refractivity contribution < 1.29 is 14.3 Å². The largest absolute Gasteiger partial charge is 0.493 e. The molecule has 0 heterocycles. The number of esters is 1. The summed E-state index contributed by atoms with van der Waals surface area (Å²) in [5.74, 6) is 1.93. The molecule has 0 spiro atoms. The summed E-state index contributed by atoms with van der Waals surface area (Å²) < 4.78 is 11.3. The van der Waals surface area contributed by atoms with Gasteiger partial charge >= 0.3 is 5.97 Å². The number of carbonyl (C=O) groups is 1. The maximum atomic E-state index is 12.0. The Kier molecular flexibility index (Phi) is 8.76. The van der Waals surface area contributed by atoms with Crippen molar-refractivity contribution in [3.8, 4) is 5.75 Å². The van der Waals surface area contributed by atoms with Crippen LogP contribution >= 0.6 is 0 Å². The molecule has 1 aliphatic rings. The first kappa shape index (κ1) is 24.2. The highest BCUT2D eigenvalue weighted by Gasteiger charge is 2.22. The normalized spacial score (nSPS) is 17.9. The van der Waals surface area contributed by atoms with Crippen LogP contribution in [0.5, 0.6) is 5.75 Å². The van der Waals surface area contributed by atoms with E-state index in [4.69, 9.17) is 9.47 Å². The van der Waals surface area contributed by atoms with E-state index in [0.717, 1.165) is 37.9 Å². The number of ether oxygens (including phenoxy) is 2. The van der Waals surface area contributed by atoms with Crippen LogP contribution in [0.25, 0.3) is 0 Å². The van der Waals surface area contributed by atoms with Gasteiger partial charge in [-0.2, -0.15) is 0 Å². The van der Waals surface area contributed by atoms with E-state index in [0.29, 0.717) is 18.4 Å². The zero-order valence-electron chi connectivity index (χ0n) is 19.8. The summed E-state index contributed by atoms with van der Waals surface area (Å²) in [6, 6.07) is 6.25. The van der Waals surface area contributed by atoms with E-state index in [1.54, 1.807) is 6.08 Å². The van der Waals surface area contributed by atoms with Crippen LogP contribution in [0.1, 0.15) is 77.3 Å². The Morgan fingerprint density at radius 2 is 1.87 bits per heavy atom. The Labute approximate surface area is 183 Å². The van der Waals surface area contributed by atoms with E-state index >= 15 is 0 Å². The highest BCUT2D eigenvalue weighted by Crippen LogP contribution is 2.34. The lowest BCUT2D eigenvalue weighted by Gasteiger charge is -2.27. The third-order valence-electron chi connectivity index (χ3n) is 6.03. The fourth-order valence-corrected chi connectivity index (χ4v) is 3.94. The van der Waals surface area contributed by atoms with E-state index in [2.05, 4.69) is 39.5 Å². The average Bonchev–Trinajstić information content (AvgIpc) is 2.64. The lowest BCUT2D eigenvalue weighted by atomic mass is 9.79. The molecule has 1 aromatic rings. The van der Waals surface area contributed by atoms with Gasteiger partial charge in [-0.3, -0.25) is 0 Å². The van der Waals surface area contributed by atoms with Gasteiger partial charge in [-0.1, -0.05) is 30.7 Å². The minimum absolute atomic E-state index is 0.207. The molecular formula is C27H40O3. The summed E-state index contributed by atoms with van der Waals surface area (Å²) in [6.07, 6.45) is 8.07. The Bertz CT molecular complexity index is 757.